The van der Waals surface area contributed by atoms with Crippen molar-refractivity contribution in [1.29, 1.82) is 0 Å². The van der Waals surface area contributed by atoms with Gasteiger partial charge in [0.1, 0.15) is 0 Å². The highest BCUT2D eigenvalue weighted by molar-refractivity contribution is 14.1. The first-order chi connectivity index (χ1) is 9.97. The third kappa shape index (κ3) is 4.40. The summed E-state index contributed by atoms with van der Waals surface area (Å²) in [6.45, 7) is 2.07. The van der Waals surface area contributed by atoms with Gasteiger partial charge in [-0.15, -0.1) is 0 Å². The van der Waals surface area contributed by atoms with Crippen LogP contribution in [0.4, 0.5) is 0 Å². The van der Waals surface area contributed by atoms with Crippen LogP contribution in [0.2, 0.25) is 0 Å². The molecule has 0 heterocycles. The molecule has 0 atom stereocenters. The quantitative estimate of drug-likeness (QED) is 0.382. The molecule has 21 heavy (non-hydrogen) atoms. The number of oxime groups is 1. The number of carboxylic acid groups (broad SMARTS) is 1. The average molecular weight is 507 g/mol. The number of nitrogens with zero attached hydrogens (tertiary/aromatic N) is 1. The van der Waals surface area contributed by atoms with Crippen molar-refractivity contribution < 1.29 is 14.7 Å². The number of carbonyl (C=O) groups is 1. The van der Waals surface area contributed by atoms with Crippen LogP contribution in [0.5, 0.6) is 5.75 Å². The van der Waals surface area contributed by atoms with Gasteiger partial charge in [-0.3, -0.25) is 0 Å². The number of carboxylic acids is 1. The molecule has 4 nitrogen and oxygen atoms in total. The van der Waals surface area contributed by atoms with Crippen molar-refractivity contribution >= 4 is 57.4 Å². The summed E-state index contributed by atoms with van der Waals surface area (Å²) in [7, 11) is 0. The van der Waals surface area contributed by atoms with Gasteiger partial charge in [0.25, 0.3) is 0 Å². The molecule has 0 amide bonds. The van der Waals surface area contributed by atoms with Crippen molar-refractivity contribution in [2.24, 2.45) is 5.16 Å². The summed E-state index contributed by atoms with van der Waals surface area (Å²) < 4.78 is 2.35. The predicted octanol–water partition coefficient (Wildman–Crippen LogP) is 4.32. The Hall–Kier alpha value is -1.16. The van der Waals surface area contributed by atoms with Crippen molar-refractivity contribution in [3.8, 4) is 5.75 Å². The van der Waals surface area contributed by atoms with Crippen LogP contribution in [-0.2, 0) is 0 Å². The molecule has 0 saturated carbocycles. The molecule has 2 aromatic carbocycles. The van der Waals surface area contributed by atoms with Crippen molar-refractivity contribution in [3.05, 3.63) is 60.2 Å². The zero-order valence-corrected chi connectivity index (χ0v) is 15.3. The summed E-state index contributed by atoms with van der Waals surface area (Å²) >= 11 is 4.57. The number of halogens is 2. The van der Waals surface area contributed by atoms with Crippen molar-refractivity contribution in [2.75, 3.05) is 0 Å². The molecule has 108 valence electrons. The fourth-order valence-corrected chi connectivity index (χ4v) is 3.36. The standard InChI is InChI=1S/C15H11I2NO3/c1-9-13(16)6-10(7-14(9)17)8-18-21-12-4-2-11(3-5-12)15(19)20/h2-8H,1H3,(H,19,20)/b18-8-. The Morgan fingerprint density at radius 2 is 1.76 bits per heavy atom. The second kappa shape index (κ2) is 7.21. The molecule has 2 aromatic rings. The minimum Gasteiger partial charge on any atom is -0.478 e. The Balaban J connectivity index is 2.07. The van der Waals surface area contributed by atoms with Crippen LogP contribution in [0.3, 0.4) is 0 Å². The molecule has 0 fully saturated rings. The van der Waals surface area contributed by atoms with E-state index >= 15 is 0 Å². The van der Waals surface area contributed by atoms with Crippen LogP contribution in [0, 0.1) is 14.1 Å². The third-order valence-corrected chi connectivity index (χ3v) is 5.01. The van der Waals surface area contributed by atoms with Crippen LogP contribution in [-0.4, -0.2) is 17.3 Å². The molecule has 1 N–H and O–H groups in total. The Labute approximate surface area is 149 Å². The Bertz CT molecular complexity index is 674. The van der Waals surface area contributed by atoms with Crippen molar-refractivity contribution in [2.45, 2.75) is 6.92 Å². The molecule has 0 aliphatic carbocycles. The Morgan fingerprint density at radius 1 is 1.19 bits per heavy atom. The molecule has 0 saturated heterocycles. The SMILES string of the molecule is Cc1c(I)cc(/C=N\Oc2ccc(C(=O)O)cc2)cc1I. The minimum absolute atomic E-state index is 0.217. The van der Waals surface area contributed by atoms with Gasteiger partial charge >= 0.3 is 5.97 Å². The second-order valence-electron chi connectivity index (χ2n) is 4.26. The van der Waals surface area contributed by atoms with E-state index in [1.807, 2.05) is 12.1 Å². The molecule has 0 spiro atoms. The fraction of sp³-hybridized carbons (Fsp3) is 0.0667. The summed E-state index contributed by atoms with van der Waals surface area (Å²) in [5.74, 6) is -0.471. The molecule has 6 heteroatoms. The summed E-state index contributed by atoms with van der Waals surface area (Å²) in [6, 6.07) is 10.2. The van der Waals surface area contributed by atoms with E-state index in [9.17, 15) is 4.79 Å². The lowest BCUT2D eigenvalue weighted by molar-refractivity contribution is 0.0697. The van der Waals surface area contributed by atoms with Gasteiger partial charge in [-0.25, -0.2) is 4.79 Å². The number of benzene rings is 2. The van der Waals surface area contributed by atoms with Crippen LogP contribution < -0.4 is 4.84 Å². The molecule has 0 unspecified atom stereocenters. The summed E-state index contributed by atoms with van der Waals surface area (Å²) in [4.78, 5) is 16.0. The van der Waals surface area contributed by atoms with E-state index in [2.05, 4.69) is 57.3 Å². The van der Waals surface area contributed by atoms with Crippen LogP contribution in [0.15, 0.2) is 41.6 Å². The highest BCUT2D eigenvalue weighted by Gasteiger charge is 2.03. The van der Waals surface area contributed by atoms with Gasteiger partial charge in [-0.1, -0.05) is 5.16 Å². The summed E-state index contributed by atoms with van der Waals surface area (Å²) in [5.41, 5.74) is 2.42. The number of hydrogen-bond donors (Lipinski definition) is 1. The smallest absolute Gasteiger partial charge is 0.335 e. The first kappa shape index (κ1) is 16.2. The van der Waals surface area contributed by atoms with E-state index in [1.54, 1.807) is 18.3 Å². The maximum absolute atomic E-state index is 10.7. The van der Waals surface area contributed by atoms with Gasteiger partial charge < -0.3 is 9.94 Å². The fourth-order valence-electron chi connectivity index (χ4n) is 1.55. The van der Waals surface area contributed by atoms with Gasteiger partial charge in [0, 0.05) is 7.14 Å². The molecule has 0 aliphatic rings. The van der Waals surface area contributed by atoms with Gasteiger partial charge in [0.15, 0.2) is 5.75 Å². The van der Waals surface area contributed by atoms with E-state index in [4.69, 9.17) is 9.94 Å². The van der Waals surface area contributed by atoms with Crippen LogP contribution in [0.1, 0.15) is 21.5 Å². The maximum Gasteiger partial charge on any atom is 0.335 e. The van der Waals surface area contributed by atoms with Crippen LogP contribution in [0.25, 0.3) is 0 Å². The molecular weight excluding hydrogens is 496 g/mol. The highest BCUT2D eigenvalue weighted by atomic mass is 127. The topological polar surface area (TPSA) is 58.9 Å². The Kier molecular flexibility index (Phi) is 5.57. The van der Waals surface area contributed by atoms with Gasteiger partial charge in [0.2, 0.25) is 0 Å². The Morgan fingerprint density at radius 3 is 2.29 bits per heavy atom. The zero-order valence-electron chi connectivity index (χ0n) is 11.0. The highest BCUT2D eigenvalue weighted by Crippen LogP contribution is 2.20. The second-order valence-corrected chi connectivity index (χ2v) is 6.59. The van der Waals surface area contributed by atoms with E-state index in [1.165, 1.54) is 24.8 Å². The zero-order chi connectivity index (χ0) is 15.4. The molecule has 0 aliphatic heterocycles. The predicted molar refractivity (Wildman–Crippen MR) is 98.2 cm³/mol. The molecule has 0 aromatic heterocycles. The average Bonchev–Trinajstić information content (AvgIpc) is 2.45. The van der Waals surface area contributed by atoms with E-state index in [-0.39, 0.29) is 5.56 Å². The lowest BCUT2D eigenvalue weighted by Gasteiger charge is -2.03. The maximum atomic E-state index is 10.7. The molecular formula is C15H11I2NO3. The lowest BCUT2D eigenvalue weighted by Crippen LogP contribution is -1.95. The number of rotatable bonds is 4. The molecule has 2 rings (SSSR count). The first-order valence-corrected chi connectivity index (χ1v) is 8.12. The van der Waals surface area contributed by atoms with Gasteiger partial charge in [-0.05, 0) is 99.6 Å². The van der Waals surface area contributed by atoms with Gasteiger partial charge in [0.05, 0.1) is 11.8 Å². The first-order valence-electron chi connectivity index (χ1n) is 5.97. The lowest BCUT2D eigenvalue weighted by atomic mass is 10.2. The van der Waals surface area contributed by atoms with E-state index < -0.39 is 5.97 Å². The van der Waals surface area contributed by atoms with E-state index in [0.29, 0.717) is 5.75 Å². The van der Waals surface area contributed by atoms with Crippen molar-refractivity contribution in [1.82, 2.24) is 0 Å². The molecule has 0 bridgehead atoms. The normalized spacial score (nSPS) is 10.8. The third-order valence-electron chi connectivity index (χ3n) is 2.76. The summed E-state index contributed by atoms with van der Waals surface area (Å²) in [6.07, 6.45) is 1.63. The van der Waals surface area contributed by atoms with Gasteiger partial charge in [-0.2, -0.15) is 0 Å². The minimum atomic E-state index is -0.964. The van der Waals surface area contributed by atoms with Crippen LogP contribution >= 0.6 is 45.2 Å². The van der Waals surface area contributed by atoms with Crippen molar-refractivity contribution in [3.63, 3.8) is 0 Å². The molecule has 0 radical (unpaired) electrons. The summed E-state index contributed by atoms with van der Waals surface area (Å²) in [5, 5.41) is 12.7. The largest absolute Gasteiger partial charge is 0.478 e. The number of aromatic carboxylic acids is 1. The number of hydrogen-bond acceptors (Lipinski definition) is 3. The monoisotopic (exact) mass is 507 g/mol. The van der Waals surface area contributed by atoms with E-state index in [0.717, 1.165) is 5.56 Å².